The molecule has 1 aliphatic rings. The molecule has 0 saturated carbocycles. The Kier molecular flexibility index (Phi) is 4.06. The first kappa shape index (κ1) is 12.4. The number of rotatable bonds is 3. The number of sulfonamides is 1. The van der Waals surface area contributed by atoms with Crippen LogP contribution in [0.1, 0.15) is 6.92 Å². The summed E-state index contributed by atoms with van der Waals surface area (Å²) in [6.07, 6.45) is 0.445. The van der Waals surface area contributed by atoms with Crippen molar-refractivity contribution in [3.05, 3.63) is 0 Å². The fourth-order valence-corrected chi connectivity index (χ4v) is 2.19. The van der Waals surface area contributed by atoms with Crippen molar-refractivity contribution in [1.82, 2.24) is 9.62 Å². The molecular weight excluding hydrogens is 220 g/mol. The molecule has 7 heteroatoms. The van der Waals surface area contributed by atoms with E-state index in [1.165, 1.54) is 4.31 Å². The molecule has 1 fully saturated rings. The van der Waals surface area contributed by atoms with Gasteiger partial charge in [0.25, 0.3) is 5.91 Å². The number of carbonyl (C=O) groups excluding carboxylic acids is 1. The third-order valence-electron chi connectivity index (χ3n) is 2.14. The van der Waals surface area contributed by atoms with Crippen molar-refractivity contribution in [1.29, 1.82) is 0 Å². The summed E-state index contributed by atoms with van der Waals surface area (Å²) in [5, 5.41) is 2.60. The molecule has 1 heterocycles. The first-order valence-electron chi connectivity index (χ1n) is 4.79. The molecule has 0 aliphatic carbocycles. The predicted molar refractivity (Wildman–Crippen MR) is 54.8 cm³/mol. The maximum absolute atomic E-state index is 11.4. The van der Waals surface area contributed by atoms with E-state index in [1.807, 2.05) is 0 Å². The van der Waals surface area contributed by atoms with Crippen LogP contribution in [0, 0.1) is 0 Å². The smallest absolute Gasteiger partial charge is 0.250 e. The number of hydrogen-bond acceptors (Lipinski definition) is 4. The fourth-order valence-electron chi connectivity index (χ4n) is 1.37. The Hall–Kier alpha value is -0.660. The number of nitrogens with one attached hydrogen (secondary N) is 1. The van der Waals surface area contributed by atoms with Gasteiger partial charge in [-0.05, 0) is 6.92 Å². The normalized spacial score (nSPS) is 23.7. The standard InChI is InChI=1S/C8H16N2O4S/c1-3-9-8(11)7-6-10(4-5-14-7)15(2,12)13/h7H,3-6H2,1-2H3,(H,9,11). The molecule has 1 saturated heterocycles. The molecule has 1 amide bonds. The van der Waals surface area contributed by atoms with Crippen LogP contribution in [0.25, 0.3) is 0 Å². The molecule has 1 aliphatic heterocycles. The molecule has 1 atom stereocenters. The van der Waals surface area contributed by atoms with E-state index >= 15 is 0 Å². The molecule has 0 aromatic heterocycles. The van der Waals surface area contributed by atoms with Gasteiger partial charge in [-0.15, -0.1) is 0 Å². The lowest BCUT2D eigenvalue weighted by Gasteiger charge is -2.30. The van der Waals surface area contributed by atoms with Crippen LogP contribution in [0.15, 0.2) is 0 Å². The number of morpholine rings is 1. The molecule has 0 bridgehead atoms. The highest BCUT2D eigenvalue weighted by molar-refractivity contribution is 7.88. The molecule has 88 valence electrons. The Morgan fingerprint density at radius 1 is 1.60 bits per heavy atom. The summed E-state index contributed by atoms with van der Waals surface area (Å²) in [6.45, 7) is 2.99. The first-order chi connectivity index (χ1) is 6.95. The summed E-state index contributed by atoms with van der Waals surface area (Å²) >= 11 is 0. The van der Waals surface area contributed by atoms with Crippen molar-refractivity contribution < 1.29 is 17.9 Å². The molecule has 1 rings (SSSR count). The highest BCUT2D eigenvalue weighted by Crippen LogP contribution is 2.08. The molecular formula is C8H16N2O4S. The van der Waals surface area contributed by atoms with Crippen molar-refractivity contribution in [3.8, 4) is 0 Å². The largest absolute Gasteiger partial charge is 0.366 e. The van der Waals surface area contributed by atoms with Crippen LogP contribution >= 0.6 is 0 Å². The Labute approximate surface area is 89.6 Å². The van der Waals surface area contributed by atoms with Gasteiger partial charge in [-0.3, -0.25) is 4.79 Å². The van der Waals surface area contributed by atoms with Crippen molar-refractivity contribution in [3.63, 3.8) is 0 Å². The van der Waals surface area contributed by atoms with Gasteiger partial charge >= 0.3 is 0 Å². The fraction of sp³-hybridized carbons (Fsp3) is 0.875. The van der Waals surface area contributed by atoms with Gasteiger partial charge in [-0.1, -0.05) is 0 Å². The van der Waals surface area contributed by atoms with Crippen molar-refractivity contribution >= 4 is 15.9 Å². The Morgan fingerprint density at radius 3 is 2.80 bits per heavy atom. The number of amides is 1. The second kappa shape index (κ2) is 4.91. The zero-order valence-electron chi connectivity index (χ0n) is 8.89. The van der Waals surface area contributed by atoms with Crippen LogP contribution in [-0.2, 0) is 19.6 Å². The third kappa shape index (κ3) is 3.44. The van der Waals surface area contributed by atoms with Gasteiger partial charge in [0.15, 0.2) is 0 Å². The highest BCUT2D eigenvalue weighted by Gasteiger charge is 2.30. The average molecular weight is 236 g/mol. The topological polar surface area (TPSA) is 75.7 Å². The SMILES string of the molecule is CCNC(=O)C1CN(S(C)(=O)=O)CCO1. The van der Waals surface area contributed by atoms with Gasteiger partial charge in [-0.2, -0.15) is 4.31 Å². The zero-order valence-corrected chi connectivity index (χ0v) is 9.71. The molecule has 1 N–H and O–H groups in total. The molecule has 1 unspecified atom stereocenters. The van der Waals surface area contributed by atoms with E-state index in [0.717, 1.165) is 6.26 Å². The summed E-state index contributed by atoms with van der Waals surface area (Å²) in [4.78, 5) is 11.4. The summed E-state index contributed by atoms with van der Waals surface area (Å²) in [5.74, 6) is -0.258. The van der Waals surface area contributed by atoms with Crippen LogP contribution in [0.4, 0.5) is 0 Å². The molecule has 0 spiro atoms. The Bertz CT molecular complexity index is 328. The summed E-state index contributed by atoms with van der Waals surface area (Å²) < 4.78 is 29.0. The van der Waals surface area contributed by atoms with E-state index in [-0.39, 0.29) is 19.1 Å². The van der Waals surface area contributed by atoms with E-state index in [2.05, 4.69) is 5.32 Å². The van der Waals surface area contributed by atoms with Crippen LogP contribution in [-0.4, -0.2) is 57.2 Å². The van der Waals surface area contributed by atoms with E-state index in [4.69, 9.17) is 4.74 Å². The highest BCUT2D eigenvalue weighted by atomic mass is 32.2. The zero-order chi connectivity index (χ0) is 11.5. The van der Waals surface area contributed by atoms with Gasteiger partial charge in [-0.25, -0.2) is 8.42 Å². The molecule has 6 nitrogen and oxygen atoms in total. The van der Waals surface area contributed by atoms with E-state index in [1.54, 1.807) is 6.92 Å². The van der Waals surface area contributed by atoms with Gasteiger partial charge in [0, 0.05) is 19.6 Å². The molecule has 0 aromatic rings. The second-order valence-electron chi connectivity index (χ2n) is 3.38. The lowest BCUT2D eigenvalue weighted by Crippen LogP contribution is -2.51. The van der Waals surface area contributed by atoms with Crippen LogP contribution in [0.5, 0.6) is 0 Å². The van der Waals surface area contributed by atoms with Crippen LogP contribution in [0.3, 0.4) is 0 Å². The van der Waals surface area contributed by atoms with E-state index < -0.39 is 16.1 Å². The maximum atomic E-state index is 11.4. The quantitative estimate of drug-likeness (QED) is 0.666. The van der Waals surface area contributed by atoms with Gasteiger partial charge in [0.2, 0.25) is 10.0 Å². The van der Waals surface area contributed by atoms with E-state index in [9.17, 15) is 13.2 Å². The minimum atomic E-state index is -3.23. The number of nitrogens with zero attached hydrogens (tertiary/aromatic N) is 1. The van der Waals surface area contributed by atoms with E-state index in [0.29, 0.717) is 13.1 Å². The summed E-state index contributed by atoms with van der Waals surface area (Å²) in [7, 11) is -3.23. The first-order valence-corrected chi connectivity index (χ1v) is 6.64. The summed E-state index contributed by atoms with van der Waals surface area (Å²) in [5.41, 5.74) is 0. The minimum absolute atomic E-state index is 0.102. The van der Waals surface area contributed by atoms with Crippen LogP contribution < -0.4 is 5.32 Å². The third-order valence-corrected chi connectivity index (χ3v) is 3.41. The number of carbonyl (C=O) groups is 1. The summed E-state index contributed by atoms with van der Waals surface area (Å²) in [6, 6.07) is 0. The number of hydrogen-bond donors (Lipinski definition) is 1. The molecule has 0 radical (unpaired) electrons. The second-order valence-corrected chi connectivity index (χ2v) is 5.36. The number of likely N-dealkylation sites (N-methyl/N-ethyl adjacent to an activating group) is 1. The maximum Gasteiger partial charge on any atom is 0.250 e. The average Bonchev–Trinajstić information content (AvgIpc) is 2.17. The van der Waals surface area contributed by atoms with Crippen LogP contribution in [0.2, 0.25) is 0 Å². The Balaban J connectivity index is 2.60. The molecule has 15 heavy (non-hydrogen) atoms. The lowest BCUT2D eigenvalue weighted by atomic mass is 10.3. The van der Waals surface area contributed by atoms with Gasteiger partial charge in [0.1, 0.15) is 6.10 Å². The predicted octanol–water partition coefficient (Wildman–Crippen LogP) is -1.22. The van der Waals surface area contributed by atoms with Crippen molar-refractivity contribution in [2.24, 2.45) is 0 Å². The lowest BCUT2D eigenvalue weighted by molar-refractivity contribution is -0.136. The van der Waals surface area contributed by atoms with Crippen molar-refractivity contribution in [2.45, 2.75) is 13.0 Å². The minimum Gasteiger partial charge on any atom is -0.366 e. The van der Waals surface area contributed by atoms with Gasteiger partial charge in [0.05, 0.1) is 12.9 Å². The Morgan fingerprint density at radius 2 is 2.27 bits per heavy atom. The van der Waals surface area contributed by atoms with Crippen molar-refractivity contribution in [2.75, 3.05) is 32.5 Å². The molecule has 0 aromatic carbocycles. The number of ether oxygens (including phenoxy) is 1. The van der Waals surface area contributed by atoms with Gasteiger partial charge < -0.3 is 10.1 Å². The monoisotopic (exact) mass is 236 g/mol.